The highest BCUT2D eigenvalue weighted by atomic mass is 16.5. The fourth-order valence-electron chi connectivity index (χ4n) is 3.80. The molecule has 0 saturated carbocycles. The summed E-state index contributed by atoms with van der Waals surface area (Å²) in [7, 11) is 0. The number of pyridine rings is 1. The number of rotatable bonds is 11. The lowest BCUT2D eigenvalue weighted by Crippen LogP contribution is -1.98. The summed E-state index contributed by atoms with van der Waals surface area (Å²) in [6.07, 6.45) is 9.46. The number of anilines is 1. The van der Waals surface area contributed by atoms with Gasteiger partial charge in [-0.3, -0.25) is 5.43 Å². The first-order chi connectivity index (χ1) is 15.1. The van der Waals surface area contributed by atoms with Crippen molar-refractivity contribution >= 4 is 22.9 Å². The Labute approximate surface area is 186 Å². The fraction of sp³-hybridized carbons (Fsp3) is 0.407. The van der Waals surface area contributed by atoms with Gasteiger partial charge in [-0.1, -0.05) is 50.7 Å². The van der Waals surface area contributed by atoms with E-state index in [1.54, 1.807) is 6.21 Å². The summed E-state index contributed by atoms with van der Waals surface area (Å²) in [5.41, 5.74) is 8.75. The number of nitrogens with one attached hydrogen (secondary N) is 1. The molecule has 2 aromatic carbocycles. The number of unbranched alkanes of at least 4 members (excludes halogenated alkanes) is 5. The summed E-state index contributed by atoms with van der Waals surface area (Å²) >= 11 is 0. The van der Waals surface area contributed by atoms with Gasteiger partial charge in [0.2, 0.25) is 0 Å². The third kappa shape index (κ3) is 6.81. The summed E-state index contributed by atoms with van der Waals surface area (Å²) < 4.78 is 5.84. The van der Waals surface area contributed by atoms with E-state index in [0.29, 0.717) is 0 Å². The third-order valence-corrected chi connectivity index (χ3v) is 5.49. The number of hydrogen-bond donors (Lipinski definition) is 1. The van der Waals surface area contributed by atoms with Crippen molar-refractivity contribution in [2.45, 2.75) is 66.2 Å². The van der Waals surface area contributed by atoms with Gasteiger partial charge in [0, 0.05) is 5.39 Å². The second-order valence-electron chi connectivity index (χ2n) is 8.36. The maximum Gasteiger partial charge on any atom is 0.147 e. The molecule has 0 aliphatic carbocycles. The van der Waals surface area contributed by atoms with Crippen LogP contribution in [0.5, 0.6) is 5.75 Å². The minimum absolute atomic E-state index is 0.757. The minimum atomic E-state index is 0.757. The lowest BCUT2D eigenvalue weighted by molar-refractivity contribution is 0.304. The van der Waals surface area contributed by atoms with Gasteiger partial charge in [0.05, 0.1) is 18.3 Å². The highest BCUT2D eigenvalue weighted by Crippen LogP contribution is 2.24. The molecule has 4 heteroatoms. The number of aryl methyl sites for hydroxylation is 3. The average molecular weight is 418 g/mol. The number of fused-ring (bicyclic) bond motifs is 1. The van der Waals surface area contributed by atoms with Crippen molar-refractivity contribution in [3.63, 3.8) is 0 Å². The van der Waals surface area contributed by atoms with Crippen LogP contribution in [0.3, 0.4) is 0 Å². The Bertz CT molecular complexity index is 1010. The smallest absolute Gasteiger partial charge is 0.147 e. The molecule has 1 heterocycles. The largest absolute Gasteiger partial charge is 0.494 e. The summed E-state index contributed by atoms with van der Waals surface area (Å²) in [5.74, 6) is 1.67. The van der Waals surface area contributed by atoms with Crippen molar-refractivity contribution in [3.8, 4) is 5.75 Å². The number of benzene rings is 2. The van der Waals surface area contributed by atoms with Crippen LogP contribution in [-0.4, -0.2) is 17.8 Å². The zero-order chi connectivity index (χ0) is 22.1. The fourth-order valence-corrected chi connectivity index (χ4v) is 3.80. The molecule has 0 spiro atoms. The molecular formula is C27H35N3O. The van der Waals surface area contributed by atoms with E-state index in [-0.39, 0.29) is 0 Å². The second-order valence-corrected chi connectivity index (χ2v) is 8.36. The summed E-state index contributed by atoms with van der Waals surface area (Å²) in [5, 5.41) is 5.57. The Morgan fingerprint density at radius 2 is 1.65 bits per heavy atom. The molecule has 0 unspecified atom stereocenters. The summed E-state index contributed by atoms with van der Waals surface area (Å²) in [6.45, 7) is 9.36. The maximum absolute atomic E-state index is 5.84. The van der Waals surface area contributed by atoms with E-state index < -0.39 is 0 Å². The lowest BCUT2D eigenvalue weighted by Gasteiger charge is -2.09. The second kappa shape index (κ2) is 11.5. The molecule has 1 N–H and O–H groups in total. The maximum atomic E-state index is 5.84. The van der Waals surface area contributed by atoms with E-state index in [9.17, 15) is 0 Å². The highest BCUT2D eigenvalue weighted by Gasteiger charge is 2.06. The molecule has 0 atom stereocenters. The lowest BCUT2D eigenvalue weighted by atomic mass is 10.0. The van der Waals surface area contributed by atoms with Gasteiger partial charge in [-0.2, -0.15) is 5.10 Å². The predicted molar refractivity (Wildman–Crippen MR) is 132 cm³/mol. The first kappa shape index (κ1) is 22.8. The Morgan fingerprint density at radius 3 is 2.42 bits per heavy atom. The van der Waals surface area contributed by atoms with Gasteiger partial charge >= 0.3 is 0 Å². The molecule has 3 rings (SSSR count). The summed E-state index contributed by atoms with van der Waals surface area (Å²) in [4.78, 5) is 4.74. The van der Waals surface area contributed by atoms with Crippen LogP contribution in [-0.2, 0) is 0 Å². The van der Waals surface area contributed by atoms with Crippen LogP contribution < -0.4 is 10.2 Å². The molecular weight excluding hydrogens is 382 g/mol. The Kier molecular flexibility index (Phi) is 8.45. The van der Waals surface area contributed by atoms with Crippen LogP contribution in [0.4, 0.5) is 5.82 Å². The molecule has 164 valence electrons. The van der Waals surface area contributed by atoms with Gasteiger partial charge in [0.15, 0.2) is 0 Å². The van der Waals surface area contributed by atoms with Gasteiger partial charge in [0.25, 0.3) is 0 Å². The zero-order valence-electron chi connectivity index (χ0n) is 19.4. The van der Waals surface area contributed by atoms with Crippen LogP contribution in [0.25, 0.3) is 10.9 Å². The number of aromatic nitrogens is 1. The Hall–Kier alpha value is -2.88. The molecule has 0 saturated heterocycles. The predicted octanol–water partition coefficient (Wildman–Crippen LogP) is 7.35. The molecule has 1 aromatic heterocycles. The molecule has 0 aliphatic heterocycles. The van der Waals surface area contributed by atoms with Gasteiger partial charge < -0.3 is 4.74 Å². The number of ether oxygens (including phenoxy) is 1. The van der Waals surface area contributed by atoms with Gasteiger partial charge in [0.1, 0.15) is 11.6 Å². The van der Waals surface area contributed by atoms with E-state index in [1.807, 2.05) is 30.3 Å². The monoisotopic (exact) mass is 417 g/mol. The van der Waals surface area contributed by atoms with Crippen molar-refractivity contribution in [1.82, 2.24) is 4.98 Å². The van der Waals surface area contributed by atoms with E-state index >= 15 is 0 Å². The molecule has 4 nitrogen and oxygen atoms in total. The number of hydrazone groups is 1. The van der Waals surface area contributed by atoms with Crippen LogP contribution >= 0.6 is 0 Å². The molecule has 0 fully saturated rings. The van der Waals surface area contributed by atoms with Crippen LogP contribution in [0.1, 0.15) is 67.7 Å². The number of nitrogens with zero attached hydrogens (tertiary/aromatic N) is 2. The van der Waals surface area contributed by atoms with Crippen molar-refractivity contribution < 1.29 is 4.74 Å². The molecule has 3 aromatic rings. The molecule has 0 amide bonds. The van der Waals surface area contributed by atoms with Crippen molar-refractivity contribution in [2.24, 2.45) is 5.10 Å². The average Bonchev–Trinajstić information content (AvgIpc) is 2.75. The Morgan fingerprint density at radius 1 is 0.903 bits per heavy atom. The molecule has 0 radical (unpaired) electrons. The SMILES string of the molecule is CCCCCCCCOc1ccc(C=NNc2cc(C)c3cc(C)cc(C)c3n2)cc1. The van der Waals surface area contributed by atoms with Gasteiger partial charge in [-0.15, -0.1) is 0 Å². The van der Waals surface area contributed by atoms with E-state index in [4.69, 9.17) is 9.72 Å². The van der Waals surface area contributed by atoms with E-state index in [0.717, 1.165) is 35.7 Å². The van der Waals surface area contributed by atoms with Crippen LogP contribution in [0.15, 0.2) is 47.6 Å². The molecule has 0 aliphatic rings. The normalized spacial score (nSPS) is 11.4. The van der Waals surface area contributed by atoms with Crippen molar-refractivity contribution in [2.75, 3.05) is 12.0 Å². The standard InChI is InChI=1S/C27H35N3O/c1-5-6-7-8-9-10-15-31-24-13-11-23(12-14-24)19-28-30-26-18-21(3)25-17-20(2)16-22(4)27(25)29-26/h11-14,16-19H,5-10,15H2,1-4H3,(H,29,30). The first-order valence-corrected chi connectivity index (χ1v) is 11.5. The van der Waals surface area contributed by atoms with Crippen LogP contribution in [0, 0.1) is 20.8 Å². The zero-order valence-corrected chi connectivity index (χ0v) is 19.4. The van der Waals surface area contributed by atoms with Gasteiger partial charge in [-0.25, -0.2) is 4.98 Å². The quantitative estimate of drug-likeness (QED) is 0.202. The van der Waals surface area contributed by atoms with Crippen molar-refractivity contribution in [3.05, 3.63) is 64.7 Å². The first-order valence-electron chi connectivity index (χ1n) is 11.5. The topological polar surface area (TPSA) is 46.5 Å². The van der Waals surface area contributed by atoms with E-state index in [1.165, 1.54) is 54.2 Å². The summed E-state index contributed by atoms with van der Waals surface area (Å²) in [6, 6.07) is 14.4. The van der Waals surface area contributed by atoms with E-state index in [2.05, 4.69) is 50.4 Å². The highest BCUT2D eigenvalue weighted by molar-refractivity contribution is 5.87. The molecule has 31 heavy (non-hydrogen) atoms. The third-order valence-electron chi connectivity index (χ3n) is 5.49. The number of hydrogen-bond acceptors (Lipinski definition) is 4. The minimum Gasteiger partial charge on any atom is -0.494 e. The van der Waals surface area contributed by atoms with Gasteiger partial charge in [-0.05, 0) is 80.3 Å². The van der Waals surface area contributed by atoms with Crippen LogP contribution in [0.2, 0.25) is 0 Å². The molecule has 0 bridgehead atoms. The van der Waals surface area contributed by atoms with Crippen molar-refractivity contribution in [1.29, 1.82) is 0 Å². The Balaban J connectivity index is 1.51.